The summed E-state index contributed by atoms with van der Waals surface area (Å²) in [7, 11) is 0. The van der Waals surface area contributed by atoms with E-state index in [-0.39, 0.29) is 0 Å². The van der Waals surface area contributed by atoms with Crippen LogP contribution in [0.5, 0.6) is 0 Å². The lowest BCUT2D eigenvalue weighted by atomic mass is 10.2. The summed E-state index contributed by atoms with van der Waals surface area (Å²) >= 11 is 0. The van der Waals surface area contributed by atoms with Gasteiger partial charge in [0.2, 0.25) is 6.41 Å². The zero-order chi connectivity index (χ0) is 10.7. The Kier molecular flexibility index (Phi) is 2.62. The lowest BCUT2D eigenvalue weighted by Crippen LogP contribution is -2.19. The predicted octanol–water partition coefficient (Wildman–Crippen LogP) is 0.744. The molecule has 0 fully saturated rings. The molecule has 78 valence electrons. The van der Waals surface area contributed by atoms with Gasteiger partial charge in [0.05, 0.1) is 6.54 Å². The van der Waals surface area contributed by atoms with E-state index >= 15 is 0 Å². The minimum Gasteiger partial charge on any atom is -0.368 e. The Morgan fingerprint density at radius 2 is 2.33 bits per heavy atom. The molecule has 0 saturated carbocycles. The number of nitrogens with one attached hydrogen (secondary N) is 2. The van der Waals surface area contributed by atoms with Crippen molar-refractivity contribution >= 4 is 17.9 Å². The van der Waals surface area contributed by atoms with Crippen LogP contribution >= 0.6 is 0 Å². The first-order valence-corrected chi connectivity index (χ1v) is 4.59. The maximum Gasteiger partial charge on any atom is 0.211 e. The molecule has 0 aromatic heterocycles. The van der Waals surface area contributed by atoms with Crippen LogP contribution in [0.2, 0.25) is 0 Å². The molecular formula is C10H10FN3O. The average molecular weight is 207 g/mol. The Balaban J connectivity index is 2.34. The minimum absolute atomic E-state index is 0.395. The summed E-state index contributed by atoms with van der Waals surface area (Å²) in [5, 5.41) is 5.45. The molecule has 4 nitrogen and oxygen atoms in total. The minimum atomic E-state index is -0.395. The highest BCUT2D eigenvalue weighted by molar-refractivity contribution is 6.00. The van der Waals surface area contributed by atoms with Crippen LogP contribution in [0.15, 0.2) is 23.2 Å². The molecule has 2 N–H and O–H groups in total. The van der Waals surface area contributed by atoms with Crippen molar-refractivity contribution in [1.29, 1.82) is 0 Å². The van der Waals surface area contributed by atoms with E-state index in [2.05, 4.69) is 15.6 Å². The van der Waals surface area contributed by atoms with Gasteiger partial charge in [-0.05, 0) is 18.2 Å². The molecule has 0 saturated heterocycles. The van der Waals surface area contributed by atoms with Crippen LogP contribution in [0.4, 0.5) is 10.1 Å². The molecule has 2 rings (SSSR count). The molecule has 0 radical (unpaired) electrons. The number of anilines is 1. The van der Waals surface area contributed by atoms with Crippen molar-refractivity contribution in [1.82, 2.24) is 5.32 Å². The van der Waals surface area contributed by atoms with Gasteiger partial charge in [-0.15, -0.1) is 0 Å². The predicted molar refractivity (Wildman–Crippen MR) is 55.5 cm³/mol. The van der Waals surface area contributed by atoms with Crippen LogP contribution in [0.25, 0.3) is 0 Å². The first kappa shape index (κ1) is 9.64. The third kappa shape index (κ3) is 2.12. The molecule has 1 aromatic carbocycles. The van der Waals surface area contributed by atoms with Crippen molar-refractivity contribution in [3.63, 3.8) is 0 Å². The number of aliphatic imine (C=N–C) groups is 1. The van der Waals surface area contributed by atoms with Gasteiger partial charge in [-0.1, -0.05) is 0 Å². The fourth-order valence-corrected chi connectivity index (χ4v) is 1.47. The first-order chi connectivity index (χ1) is 7.29. The van der Waals surface area contributed by atoms with Gasteiger partial charge in [-0.2, -0.15) is 0 Å². The third-order valence-electron chi connectivity index (χ3n) is 2.07. The summed E-state index contributed by atoms with van der Waals surface area (Å²) in [6, 6.07) is 4.31. The van der Waals surface area contributed by atoms with E-state index in [0.29, 0.717) is 30.0 Å². The van der Waals surface area contributed by atoms with Crippen molar-refractivity contribution in [3.8, 4) is 0 Å². The molecule has 0 spiro atoms. The van der Waals surface area contributed by atoms with Crippen LogP contribution in [-0.4, -0.2) is 25.3 Å². The fourth-order valence-electron chi connectivity index (χ4n) is 1.47. The quantitative estimate of drug-likeness (QED) is 0.718. The third-order valence-corrected chi connectivity index (χ3v) is 2.07. The maximum absolute atomic E-state index is 13.2. The molecule has 1 aliphatic rings. The van der Waals surface area contributed by atoms with E-state index in [9.17, 15) is 9.18 Å². The number of hydrogen-bond acceptors (Lipinski definition) is 3. The van der Waals surface area contributed by atoms with Gasteiger partial charge >= 0.3 is 0 Å². The van der Waals surface area contributed by atoms with Crippen LogP contribution in [-0.2, 0) is 4.79 Å². The molecule has 1 aliphatic heterocycles. The van der Waals surface area contributed by atoms with Crippen LogP contribution in [0.1, 0.15) is 5.56 Å². The van der Waals surface area contributed by atoms with Crippen LogP contribution in [0.3, 0.4) is 0 Å². The second-order valence-electron chi connectivity index (χ2n) is 3.15. The Bertz CT molecular complexity index is 417. The monoisotopic (exact) mass is 207 g/mol. The van der Waals surface area contributed by atoms with Gasteiger partial charge in [0.15, 0.2) is 0 Å². The van der Waals surface area contributed by atoms with Gasteiger partial charge in [-0.3, -0.25) is 9.79 Å². The average Bonchev–Trinajstić information content (AvgIpc) is 2.70. The SMILES string of the molecule is O=CNc1cc(F)cc(C2=NCCN2)c1. The summed E-state index contributed by atoms with van der Waals surface area (Å²) < 4.78 is 13.2. The molecule has 0 atom stereocenters. The van der Waals surface area contributed by atoms with Crippen molar-refractivity contribution in [3.05, 3.63) is 29.6 Å². The Labute approximate surface area is 86.2 Å². The highest BCUT2D eigenvalue weighted by Gasteiger charge is 2.10. The lowest BCUT2D eigenvalue weighted by Gasteiger charge is -2.05. The molecule has 0 aliphatic carbocycles. The topological polar surface area (TPSA) is 53.5 Å². The van der Waals surface area contributed by atoms with Crippen LogP contribution in [0, 0.1) is 5.82 Å². The fraction of sp³-hybridized carbons (Fsp3) is 0.200. The number of carbonyl (C=O) groups excluding carboxylic acids is 1. The van der Waals surface area contributed by atoms with Crippen molar-refractivity contribution in [2.75, 3.05) is 18.4 Å². The number of amidine groups is 1. The van der Waals surface area contributed by atoms with E-state index in [1.54, 1.807) is 6.07 Å². The largest absolute Gasteiger partial charge is 0.368 e. The van der Waals surface area contributed by atoms with Gasteiger partial charge in [-0.25, -0.2) is 4.39 Å². The zero-order valence-electron chi connectivity index (χ0n) is 7.96. The van der Waals surface area contributed by atoms with E-state index in [0.717, 1.165) is 6.54 Å². The molecule has 5 heteroatoms. The van der Waals surface area contributed by atoms with E-state index in [1.165, 1.54) is 12.1 Å². The maximum atomic E-state index is 13.2. The van der Waals surface area contributed by atoms with E-state index in [1.807, 2.05) is 0 Å². The van der Waals surface area contributed by atoms with Crippen molar-refractivity contribution in [2.24, 2.45) is 4.99 Å². The van der Waals surface area contributed by atoms with E-state index in [4.69, 9.17) is 0 Å². The number of amides is 1. The Morgan fingerprint density at radius 1 is 1.47 bits per heavy atom. The van der Waals surface area contributed by atoms with Crippen molar-refractivity contribution < 1.29 is 9.18 Å². The zero-order valence-corrected chi connectivity index (χ0v) is 7.96. The van der Waals surface area contributed by atoms with Gasteiger partial charge in [0.1, 0.15) is 11.7 Å². The first-order valence-electron chi connectivity index (χ1n) is 4.59. The molecule has 1 aromatic rings. The molecular weight excluding hydrogens is 197 g/mol. The summed E-state index contributed by atoms with van der Waals surface area (Å²) in [4.78, 5) is 14.4. The smallest absolute Gasteiger partial charge is 0.211 e. The molecule has 0 bridgehead atoms. The Hall–Kier alpha value is -1.91. The highest BCUT2D eigenvalue weighted by atomic mass is 19.1. The Morgan fingerprint density at radius 3 is 3.00 bits per heavy atom. The van der Waals surface area contributed by atoms with E-state index < -0.39 is 5.82 Å². The molecule has 1 heterocycles. The number of nitrogens with zero attached hydrogens (tertiary/aromatic N) is 1. The highest BCUT2D eigenvalue weighted by Crippen LogP contribution is 2.14. The van der Waals surface area contributed by atoms with Gasteiger partial charge < -0.3 is 10.6 Å². The molecule has 1 amide bonds. The number of carbonyl (C=O) groups is 1. The summed E-state index contributed by atoms with van der Waals surface area (Å²) in [6.45, 7) is 1.46. The van der Waals surface area contributed by atoms with Crippen LogP contribution < -0.4 is 10.6 Å². The van der Waals surface area contributed by atoms with Gasteiger partial charge in [0.25, 0.3) is 0 Å². The second-order valence-corrected chi connectivity index (χ2v) is 3.15. The molecule has 0 unspecified atom stereocenters. The number of rotatable bonds is 3. The number of halogens is 1. The number of hydrogen-bond donors (Lipinski definition) is 2. The van der Waals surface area contributed by atoms with Gasteiger partial charge in [0, 0.05) is 17.8 Å². The summed E-state index contributed by atoms with van der Waals surface area (Å²) in [6.07, 6.45) is 0.516. The lowest BCUT2D eigenvalue weighted by molar-refractivity contribution is -0.105. The second kappa shape index (κ2) is 4.08. The molecule has 15 heavy (non-hydrogen) atoms. The summed E-state index contributed by atoms with van der Waals surface area (Å²) in [5.41, 5.74) is 1.08. The normalized spacial score (nSPS) is 14.3. The number of benzene rings is 1. The summed E-state index contributed by atoms with van der Waals surface area (Å²) in [5.74, 6) is 0.275. The standard InChI is InChI=1S/C10H10FN3O/c11-8-3-7(10-12-1-2-13-10)4-9(5-8)14-6-15/h3-6H,1-2H2,(H,12,13)(H,14,15). The van der Waals surface area contributed by atoms with Crippen molar-refractivity contribution in [2.45, 2.75) is 0 Å².